The Kier molecular flexibility index (Phi) is 4.49. The Morgan fingerprint density at radius 1 is 1.43 bits per heavy atom. The van der Waals surface area contributed by atoms with Crippen molar-refractivity contribution in [3.05, 3.63) is 23.3 Å². The molecule has 2 rings (SSSR count). The maximum atomic E-state index is 11.7. The van der Waals surface area contributed by atoms with Crippen LogP contribution in [0.25, 0.3) is 0 Å². The first-order valence-electron chi connectivity index (χ1n) is 6.91. The van der Waals surface area contributed by atoms with E-state index in [0.717, 1.165) is 6.92 Å². The van der Waals surface area contributed by atoms with Crippen molar-refractivity contribution in [2.24, 2.45) is 0 Å². The molecule has 8 nitrogen and oxygen atoms in total. The van der Waals surface area contributed by atoms with Crippen molar-refractivity contribution in [3.63, 3.8) is 0 Å². The van der Waals surface area contributed by atoms with Crippen LogP contribution in [-0.2, 0) is 20.7 Å². The van der Waals surface area contributed by atoms with E-state index >= 15 is 0 Å². The van der Waals surface area contributed by atoms with Gasteiger partial charge in [0.25, 0.3) is 0 Å². The minimum absolute atomic E-state index is 0.0469. The number of esters is 1. The number of carboxylic acids is 1. The van der Waals surface area contributed by atoms with E-state index in [1.807, 2.05) is 0 Å². The van der Waals surface area contributed by atoms with Gasteiger partial charge in [-0.2, -0.15) is 0 Å². The molecule has 1 fully saturated rings. The van der Waals surface area contributed by atoms with Gasteiger partial charge in [0.1, 0.15) is 17.6 Å². The fourth-order valence-corrected chi connectivity index (χ4v) is 2.42. The summed E-state index contributed by atoms with van der Waals surface area (Å²) in [5, 5.41) is 38.7. The third-order valence-corrected chi connectivity index (χ3v) is 3.86. The number of rotatable bonds is 5. The highest BCUT2D eigenvalue weighted by molar-refractivity contribution is 5.82. The molecule has 126 valence electrons. The maximum Gasteiger partial charge on any atom is 0.341 e. The van der Waals surface area contributed by atoms with Gasteiger partial charge in [0, 0.05) is 18.1 Å². The number of aromatic hydroxyl groups is 1. The Hall–Kier alpha value is -2.32. The van der Waals surface area contributed by atoms with Gasteiger partial charge in [-0.1, -0.05) is 0 Å². The molecule has 1 aromatic carbocycles. The first-order chi connectivity index (χ1) is 10.7. The number of methoxy groups -OCH3 is 1. The maximum absolute atomic E-state index is 11.7. The van der Waals surface area contributed by atoms with Gasteiger partial charge in [0.2, 0.25) is 0 Å². The van der Waals surface area contributed by atoms with Crippen LogP contribution >= 0.6 is 0 Å². The smallest absolute Gasteiger partial charge is 0.341 e. The predicted molar refractivity (Wildman–Crippen MR) is 76.1 cm³/mol. The number of carbonyl (C=O) groups excluding carboxylic acids is 1. The third-order valence-electron chi connectivity index (χ3n) is 3.86. The Labute approximate surface area is 131 Å². The number of aliphatic hydroxyl groups is 2. The van der Waals surface area contributed by atoms with Crippen LogP contribution in [0.2, 0.25) is 0 Å². The standard InChI is InChI=1S/C15H18O8/c1-15(21)13(19)12(23-14(15)20)8-5-7(3-4-11(17)18)9(16)6-10(8)22-2/h5-6,12-13,16,19,21H,3-4H2,1-2H3,(H,17,18)/t12-,13+,15-/m0/s1. The Balaban J connectivity index is 2.42. The number of carboxylic acid groups (broad SMARTS) is 1. The molecule has 0 bridgehead atoms. The molecular formula is C15H18O8. The predicted octanol–water partition coefficient (Wildman–Crippen LogP) is 0.128. The van der Waals surface area contributed by atoms with Crippen LogP contribution in [-0.4, -0.2) is 51.2 Å². The van der Waals surface area contributed by atoms with E-state index in [9.17, 15) is 24.9 Å². The molecule has 1 heterocycles. The number of cyclic esters (lactones) is 1. The lowest BCUT2D eigenvalue weighted by Crippen LogP contribution is -2.41. The highest BCUT2D eigenvalue weighted by Gasteiger charge is 2.54. The fourth-order valence-electron chi connectivity index (χ4n) is 2.42. The molecule has 1 aromatic rings. The number of aliphatic carboxylic acids is 1. The highest BCUT2D eigenvalue weighted by atomic mass is 16.6. The number of aryl methyl sites for hydroxylation is 1. The summed E-state index contributed by atoms with van der Waals surface area (Å²) in [5.74, 6) is -2.03. The molecule has 0 amide bonds. The van der Waals surface area contributed by atoms with Gasteiger partial charge in [0.05, 0.1) is 7.11 Å². The van der Waals surface area contributed by atoms with E-state index < -0.39 is 29.7 Å². The lowest BCUT2D eigenvalue weighted by molar-refractivity contribution is -0.155. The first-order valence-corrected chi connectivity index (χ1v) is 6.91. The van der Waals surface area contributed by atoms with Gasteiger partial charge in [-0.3, -0.25) is 4.79 Å². The first kappa shape index (κ1) is 17.0. The molecule has 0 saturated carbocycles. The van der Waals surface area contributed by atoms with Crippen molar-refractivity contribution >= 4 is 11.9 Å². The molecule has 1 aliphatic heterocycles. The van der Waals surface area contributed by atoms with Crippen LogP contribution in [0.15, 0.2) is 12.1 Å². The van der Waals surface area contributed by atoms with Gasteiger partial charge in [-0.15, -0.1) is 0 Å². The van der Waals surface area contributed by atoms with Crippen LogP contribution in [0.5, 0.6) is 11.5 Å². The Morgan fingerprint density at radius 2 is 2.09 bits per heavy atom. The zero-order valence-electron chi connectivity index (χ0n) is 12.6. The number of ether oxygens (including phenoxy) is 2. The van der Waals surface area contributed by atoms with E-state index in [4.69, 9.17) is 14.6 Å². The van der Waals surface area contributed by atoms with Crippen LogP contribution in [0, 0.1) is 0 Å². The molecule has 0 radical (unpaired) electrons. The molecule has 0 unspecified atom stereocenters. The Bertz CT molecular complexity index is 637. The van der Waals surface area contributed by atoms with Crippen LogP contribution in [0.3, 0.4) is 0 Å². The zero-order valence-corrected chi connectivity index (χ0v) is 12.6. The third kappa shape index (κ3) is 3.08. The van der Waals surface area contributed by atoms with Gasteiger partial charge >= 0.3 is 11.9 Å². The molecule has 4 N–H and O–H groups in total. The second-order valence-corrected chi connectivity index (χ2v) is 5.53. The van der Waals surface area contributed by atoms with Crippen molar-refractivity contribution in [1.82, 2.24) is 0 Å². The van der Waals surface area contributed by atoms with Crippen LogP contribution < -0.4 is 4.74 Å². The van der Waals surface area contributed by atoms with Gasteiger partial charge in [-0.25, -0.2) is 4.79 Å². The number of phenolic OH excluding ortho intramolecular Hbond substituents is 1. The largest absolute Gasteiger partial charge is 0.508 e. The molecular weight excluding hydrogens is 308 g/mol. The summed E-state index contributed by atoms with van der Waals surface area (Å²) in [6, 6.07) is 2.65. The second-order valence-electron chi connectivity index (χ2n) is 5.53. The van der Waals surface area contributed by atoms with Gasteiger partial charge < -0.3 is 29.9 Å². The summed E-state index contributed by atoms with van der Waals surface area (Å²) in [5.41, 5.74) is -1.52. The highest BCUT2D eigenvalue weighted by Crippen LogP contribution is 2.42. The average molecular weight is 326 g/mol. The SMILES string of the molecule is COc1cc(O)c(CCC(=O)O)cc1[C@@H]1OC(=O)[C@@](C)(O)[C@@H]1O. The summed E-state index contributed by atoms with van der Waals surface area (Å²) < 4.78 is 10.1. The van der Waals surface area contributed by atoms with Crippen molar-refractivity contribution in [2.75, 3.05) is 7.11 Å². The molecule has 23 heavy (non-hydrogen) atoms. The van der Waals surface area contributed by atoms with Gasteiger partial charge in [0.15, 0.2) is 11.7 Å². The lowest BCUT2D eigenvalue weighted by atomic mass is 9.92. The van der Waals surface area contributed by atoms with Crippen LogP contribution in [0.4, 0.5) is 0 Å². The molecule has 8 heteroatoms. The zero-order chi connectivity index (χ0) is 17.4. The number of hydrogen-bond acceptors (Lipinski definition) is 7. The van der Waals surface area contributed by atoms with E-state index in [1.54, 1.807) is 0 Å². The number of aliphatic hydroxyl groups excluding tert-OH is 1. The quantitative estimate of drug-likeness (QED) is 0.561. The molecule has 1 aliphatic rings. The summed E-state index contributed by atoms with van der Waals surface area (Å²) in [7, 11) is 1.33. The van der Waals surface area contributed by atoms with Gasteiger partial charge in [-0.05, 0) is 25.0 Å². The Morgan fingerprint density at radius 3 is 2.57 bits per heavy atom. The molecule has 1 saturated heterocycles. The molecule has 0 spiro atoms. The molecule has 0 aromatic heterocycles. The summed E-state index contributed by atoms with van der Waals surface area (Å²) >= 11 is 0. The van der Waals surface area contributed by atoms with Crippen LogP contribution in [0.1, 0.15) is 30.6 Å². The molecule has 3 atom stereocenters. The minimum Gasteiger partial charge on any atom is -0.508 e. The van der Waals surface area contributed by atoms with E-state index in [2.05, 4.69) is 0 Å². The minimum atomic E-state index is -2.06. The summed E-state index contributed by atoms with van der Waals surface area (Å²) in [4.78, 5) is 22.3. The number of benzene rings is 1. The second kappa shape index (κ2) is 6.05. The van der Waals surface area contributed by atoms with E-state index in [1.165, 1.54) is 19.2 Å². The van der Waals surface area contributed by atoms with Crippen molar-refractivity contribution in [2.45, 2.75) is 37.6 Å². The van der Waals surface area contributed by atoms with E-state index in [0.29, 0.717) is 5.56 Å². The molecule has 0 aliphatic carbocycles. The monoisotopic (exact) mass is 326 g/mol. The average Bonchev–Trinajstić information content (AvgIpc) is 2.68. The van der Waals surface area contributed by atoms with E-state index in [-0.39, 0.29) is 29.9 Å². The van der Waals surface area contributed by atoms with Crippen molar-refractivity contribution in [3.8, 4) is 11.5 Å². The van der Waals surface area contributed by atoms with Crippen molar-refractivity contribution < 1.29 is 39.5 Å². The normalized spacial score (nSPS) is 26.9. The summed E-state index contributed by atoms with van der Waals surface area (Å²) in [6.45, 7) is 1.14. The lowest BCUT2D eigenvalue weighted by Gasteiger charge is -2.21. The topological polar surface area (TPSA) is 134 Å². The summed E-state index contributed by atoms with van der Waals surface area (Å²) in [6.07, 6.45) is -2.87. The number of hydrogen-bond donors (Lipinski definition) is 4. The fraction of sp³-hybridized carbons (Fsp3) is 0.467. The van der Waals surface area contributed by atoms with Crippen molar-refractivity contribution in [1.29, 1.82) is 0 Å². The number of carbonyl (C=O) groups is 2. The number of phenols is 1.